The second kappa shape index (κ2) is 10.1. The normalized spacial score (nSPS) is 10.5. The Morgan fingerprint density at radius 3 is 2.30 bits per heavy atom. The van der Waals surface area contributed by atoms with Crippen molar-refractivity contribution >= 4 is 40.1 Å². The summed E-state index contributed by atoms with van der Waals surface area (Å²) in [5, 5.41) is 6.46. The predicted molar refractivity (Wildman–Crippen MR) is 132 cm³/mol. The fraction of sp³-hybridized carbons (Fsp3) is 0.120. The molecule has 33 heavy (non-hydrogen) atoms. The van der Waals surface area contributed by atoms with Crippen LogP contribution in [0.2, 0.25) is 0 Å². The molecule has 0 spiro atoms. The van der Waals surface area contributed by atoms with E-state index in [0.717, 1.165) is 21.5 Å². The zero-order valence-corrected chi connectivity index (χ0v) is 19.2. The molecule has 1 aromatic heterocycles. The molecule has 2 N–H and O–H groups in total. The molecule has 0 aliphatic carbocycles. The van der Waals surface area contributed by atoms with E-state index in [0.29, 0.717) is 28.7 Å². The number of carbonyl (C=O) groups excluding carboxylic acids is 1. The van der Waals surface area contributed by atoms with Gasteiger partial charge in [-0.15, -0.1) is 11.8 Å². The molecule has 3 aromatic carbocycles. The summed E-state index contributed by atoms with van der Waals surface area (Å²) in [4.78, 5) is 17.8. The monoisotopic (exact) mass is 461 g/mol. The van der Waals surface area contributed by atoms with E-state index in [1.807, 2.05) is 42.7 Å². The summed E-state index contributed by atoms with van der Waals surface area (Å²) in [6.45, 7) is 0. The minimum atomic E-state index is -0.317. The van der Waals surface area contributed by atoms with Gasteiger partial charge in [0.25, 0.3) is 0 Å². The number of ether oxygens (including phenoxy) is 3. The van der Waals surface area contributed by atoms with Crippen LogP contribution in [-0.2, 0) is 0 Å². The Hall–Kier alpha value is -3.91. The molecule has 8 heteroatoms. The number of benzene rings is 3. The van der Waals surface area contributed by atoms with E-state index in [2.05, 4.69) is 15.6 Å². The van der Waals surface area contributed by atoms with E-state index < -0.39 is 0 Å². The molecule has 0 saturated carbocycles. The molecule has 4 rings (SSSR count). The molecule has 168 valence electrons. The van der Waals surface area contributed by atoms with Crippen LogP contribution in [-0.4, -0.2) is 31.5 Å². The minimum absolute atomic E-state index is 0.317. The molecule has 2 amide bonds. The summed E-state index contributed by atoms with van der Waals surface area (Å²) in [5.74, 6) is 2.45. The van der Waals surface area contributed by atoms with Gasteiger partial charge in [0.2, 0.25) is 0 Å². The number of carbonyl (C=O) groups is 1. The predicted octanol–water partition coefficient (Wildman–Crippen LogP) is 6.41. The van der Waals surface area contributed by atoms with Crippen molar-refractivity contribution in [3.05, 3.63) is 72.9 Å². The highest BCUT2D eigenvalue weighted by Gasteiger charge is 2.11. The minimum Gasteiger partial charge on any atom is -0.493 e. The van der Waals surface area contributed by atoms with Gasteiger partial charge in [0.05, 0.1) is 19.7 Å². The number of urea groups is 1. The van der Waals surface area contributed by atoms with Crippen molar-refractivity contribution in [2.24, 2.45) is 0 Å². The zero-order chi connectivity index (χ0) is 23.2. The van der Waals surface area contributed by atoms with Gasteiger partial charge in [-0.25, -0.2) is 4.79 Å². The number of rotatable bonds is 7. The first-order valence-corrected chi connectivity index (χ1v) is 11.3. The van der Waals surface area contributed by atoms with Crippen LogP contribution in [0.3, 0.4) is 0 Å². The van der Waals surface area contributed by atoms with E-state index in [1.165, 1.54) is 0 Å². The Balaban J connectivity index is 1.46. The molecule has 0 atom stereocenters. The summed E-state index contributed by atoms with van der Waals surface area (Å²) in [5.41, 5.74) is 2.11. The molecule has 0 bridgehead atoms. The van der Waals surface area contributed by atoms with Gasteiger partial charge in [0, 0.05) is 33.9 Å². The van der Waals surface area contributed by atoms with Gasteiger partial charge in [-0.2, -0.15) is 0 Å². The molecular weight excluding hydrogens is 438 g/mol. The number of nitrogens with one attached hydrogen (secondary N) is 2. The Morgan fingerprint density at radius 2 is 1.58 bits per heavy atom. The second-order valence-corrected chi connectivity index (χ2v) is 7.85. The highest BCUT2D eigenvalue weighted by molar-refractivity contribution is 7.98. The lowest BCUT2D eigenvalue weighted by molar-refractivity contribution is 0.262. The average Bonchev–Trinajstić information content (AvgIpc) is 2.84. The number of anilines is 2. The van der Waals surface area contributed by atoms with Crippen LogP contribution in [0.5, 0.6) is 23.0 Å². The third-order valence-corrected chi connectivity index (χ3v) is 5.60. The lowest BCUT2D eigenvalue weighted by Gasteiger charge is -2.13. The fourth-order valence-corrected chi connectivity index (χ4v) is 3.72. The van der Waals surface area contributed by atoms with Crippen LogP contribution in [0.1, 0.15) is 0 Å². The van der Waals surface area contributed by atoms with Gasteiger partial charge in [-0.1, -0.05) is 6.07 Å². The first-order chi connectivity index (χ1) is 16.1. The smallest absolute Gasteiger partial charge is 0.323 e. The van der Waals surface area contributed by atoms with E-state index >= 15 is 0 Å². The third kappa shape index (κ3) is 5.30. The number of aromatic nitrogens is 1. The van der Waals surface area contributed by atoms with E-state index in [9.17, 15) is 4.79 Å². The third-order valence-electron chi connectivity index (χ3n) is 4.87. The molecule has 0 unspecified atom stereocenters. The number of pyridine rings is 1. The summed E-state index contributed by atoms with van der Waals surface area (Å²) in [6.07, 6.45) is 3.67. The number of methoxy groups -OCH3 is 2. The summed E-state index contributed by atoms with van der Waals surface area (Å²) < 4.78 is 16.8. The van der Waals surface area contributed by atoms with Gasteiger partial charge >= 0.3 is 6.03 Å². The quantitative estimate of drug-likeness (QED) is 0.310. The molecule has 4 aromatic rings. The summed E-state index contributed by atoms with van der Waals surface area (Å²) >= 11 is 1.62. The Labute approximate surface area is 196 Å². The number of amides is 2. The van der Waals surface area contributed by atoms with Crippen molar-refractivity contribution < 1.29 is 19.0 Å². The summed E-state index contributed by atoms with van der Waals surface area (Å²) in [6, 6.07) is 19.9. The number of hydrogen-bond donors (Lipinski definition) is 2. The van der Waals surface area contributed by atoms with Crippen LogP contribution in [0.15, 0.2) is 77.8 Å². The van der Waals surface area contributed by atoms with Gasteiger partial charge in [-0.05, 0) is 60.9 Å². The molecule has 0 saturated heterocycles. The van der Waals surface area contributed by atoms with Gasteiger partial charge in [0.1, 0.15) is 11.5 Å². The average molecular weight is 462 g/mol. The molecule has 0 aliphatic heterocycles. The van der Waals surface area contributed by atoms with Gasteiger partial charge < -0.3 is 24.8 Å². The Bertz CT molecular complexity index is 1280. The maximum absolute atomic E-state index is 12.3. The van der Waals surface area contributed by atoms with Crippen molar-refractivity contribution in [2.75, 3.05) is 31.1 Å². The number of thioether (sulfide) groups is 1. The van der Waals surface area contributed by atoms with E-state index in [-0.39, 0.29) is 6.03 Å². The topological polar surface area (TPSA) is 81.7 Å². The second-order valence-electron chi connectivity index (χ2n) is 6.97. The van der Waals surface area contributed by atoms with Gasteiger partial charge in [0.15, 0.2) is 11.5 Å². The number of fused-ring (bicyclic) bond motifs is 1. The lowest BCUT2D eigenvalue weighted by Crippen LogP contribution is -2.19. The van der Waals surface area contributed by atoms with Crippen LogP contribution in [0.4, 0.5) is 16.2 Å². The van der Waals surface area contributed by atoms with Crippen LogP contribution in [0.25, 0.3) is 10.9 Å². The molecule has 0 radical (unpaired) electrons. The molecule has 0 fully saturated rings. The Kier molecular flexibility index (Phi) is 6.85. The standard InChI is InChI=1S/C25H23N3O4S/c1-30-23-14-20-21(15-24(23)31-2)26-12-11-22(20)32-18-9-7-16(8-10-18)27-25(29)28-17-5-4-6-19(13-17)33-3/h4-15H,1-3H3,(H2,27,28,29). The fourth-order valence-electron chi connectivity index (χ4n) is 3.26. The Morgan fingerprint density at radius 1 is 0.848 bits per heavy atom. The molecule has 1 heterocycles. The maximum Gasteiger partial charge on any atom is 0.323 e. The van der Waals surface area contributed by atoms with Crippen molar-refractivity contribution in [2.45, 2.75) is 4.90 Å². The first-order valence-electron chi connectivity index (χ1n) is 10.1. The molecule has 0 aliphatic rings. The first kappa shape index (κ1) is 22.3. The largest absolute Gasteiger partial charge is 0.493 e. The van der Waals surface area contributed by atoms with E-state index in [4.69, 9.17) is 14.2 Å². The van der Waals surface area contributed by atoms with Crippen molar-refractivity contribution in [1.29, 1.82) is 0 Å². The highest BCUT2D eigenvalue weighted by Crippen LogP contribution is 2.37. The SMILES string of the molecule is COc1cc2nccc(Oc3ccc(NC(=O)Nc4cccc(SC)c4)cc3)c2cc1OC. The lowest BCUT2D eigenvalue weighted by atomic mass is 10.2. The van der Waals surface area contributed by atoms with Crippen LogP contribution in [0, 0.1) is 0 Å². The number of hydrogen-bond acceptors (Lipinski definition) is 6. The zero-order valence-electron chi connectivity index (χ0n) is 18.4. The van der Waals surface area contributed by atoms with Crippen molar-refractivity contribution in [3.63, 3.8) is 0 Å². The molecular formula is C25H23N3O4S. The number of nitrogens with zero attached hydrogens (tertiary/aromatic N) is 1. The van der Waals surface area contributed by atoms with Crippen LogP contribution >= 0.6 is 11.8 Å². The highest BCUT2D eigenvalue weighted by atomic mass is 32.2. The molecule has 7 nitrogen and oxygen atoms in total. The van der Waals surface area contributed by atoms with Crippen molar-refractivity contribution in [3.8, 4) is 23.0 Å². The van der Waals surface area contributed by atoms with Crippen LogP contribution < -0.4 is 24.8 Å². The summed E-state index contributed by atoms with van der Waals surface area (Å²) in [7, 11) is 3.17. The maximum atomic E-state index is 12.3. The van der Waals surface area contributed by atoms with Gasteiger partial charge in [-0.3, -0.25) is 4.98 Å². The van der Waals surface area contributed by atoms with E-state index in [1.54, 1.807) is 62.5 Å². The van der Waals surface area contributed by atoms with Crippen molar-refractivity contribution in [1.82, 2.24) is 4.98 Å².